The maximum Gasteiger partial charge on any atom is 0.0207 e. The molecule has 0 unspecified atom stereocenters. The van der Waals surface area contributed by atoms with Crippen molar-refractivity contribution in [2.24, 2.45) is 0 Å². The fourth-order valence-corrected chi connectivity index (χ4v) is 2.40. The Morgan fingerprint density at radius 3 is 2.15 bits per heavy atom. The molecule has 2 rings (SSSR count). The molecular weight excluding hydrogens is 242 g/mol. The van der Waals surface area contributed by atoms with Gasteiger partial charge in [0.05, 0.1) is 0 Å². The summed E-state index contributed by atoms with van der Waals surface area (Å²) >= 11 is 0. The molecule has 0 fully saturated rings. The molecule has 106 valence electrons. The summed E-state index contributed by atoms with van der Waals surface area (Å²) in [6, 6.07) is 16.2. The van der Waals surface area contributed by atoms with Gasteiger partial charge in [-0.15, -0.1) is 0 Å². The molecule has 2 aromatic rings. The zero-order chi connectivity index (χ0) is 14.5. The number of hydrogen-bond donors (Lipinski definition) is 1. The predicted molar refractivity (Wildman–Crippen MR) is 88.0 cm³/mol. The quantitative estimate of drug-likeness (QED) is 0.826. The van der Waals surface area contributed by atoms with Crippen molar-refractivity contribution in [1.82, 2.24) is 5.32 Å². The second-order valence-corrected chi connectivity index (χ2v) is 5.74. The summed E-state index contributed by atoms with van der Waals surface area (Å²) in [5.74, 6) is 0. The maximum absolute atomic E-state index is 3.46. The van der Waals surface area contributed by atoms with Crippen LogP contribution in [-0.4, -0.2) is 6.04 Å². The Hall–Kier alpha value is -1.60. The van der Waals surface area contributed by atoms with Crippen molar-refractivity contribution in [2.45, 2.75) is 46.7 Å². The average Bonchev–Trinajstić information content (AvgIpc) is 2.45. The van der Waals surface area contributed by atoms with Gasteiger partial charge in [0.25, 0.3) is 0 Å². The van der Waals surface area contributed by atoms with E-state index in [0.29, 0.717) is 6.04 Å². The third-order valence-electron chi connectivity index (χ3n) is 3.68. The van der Waals surface area contributed by atoms with Gasteiger partial charge in [-0.25, -0.2) is 0 Å². The number of rotatable bonds is 5. The van der Waals surface area contributed by atoms with Crippen LogP contribution >= 0.6 is 0 Å². The molecule has 1 N–H and O–H groups in total. The average molecular weight is 267 g/mol. The molecule has 0 aliphatic rings. The lowest BCUT2D eigenvalue weighted by Gasteiger charge is -2.12. The first-order chi connectivity index (χ1) is 9.60. The lowest BCUT2D eigenvalue weighted by molar-refractivity contribution is 0.589. The highest BCUT2D eigenvalue weighted by molar-refractivity contribution is 5.67. The Morgan fingerprint density at radius 2 is 1.60 bits per heavy atom. The summed E-state index contributed by atoms with van der Waals surface area (Å²) in [5, 5.41) is 3.46. The minimum absolute atomic E-state index is 0.525. The van der Waals surface area contributed by atoms with Crippen LogP contribution < -0.4 is 5.32 Å². The lowest BCUT2D eigenvalue weighted by atomic mass is 9.97. The number of hydrogen-bond acceptors (Lipinski definition) is 1. The topological polar surface area (TPSA) is 12.0 Å². The van der Waals surface area contributed by atoms with Crippen LogP contribution in [0.2, 0.25) is 0 Å². The van der Waals surface area contributed by atoms with E-state index in [4.69, 9.17) is 0 Å². The summed E-state index contributed by atoms with van der Waals surface area (Å²) in [6.07, 6.45) is 1.10. The van der Waals surface area contributed by atoms with Gasteiger partial charge in [-0.1, -0.05) is 63.2 Å². The van der Waals surface area contributed by atoms with Crippen LogP contribution in [0.15, 0.2) is 42.5 Å². The largest absolute Gasteiger partial charge is 0.310 e. The molecule has 0 radical (unpaired) electrons. The number of aryl methyl sites for hydroxylation is 2. The molecule has 1 nitrogen and oxygen atoms in total. The van der Waals surface area contributed by atoms with Gasteiger partial charge in [-0.05, 0) is 41.2 Å². The molecular formula is C19H25N. The summed E-state index contributed by atoms with van der Waals surface area (Å²) < 4.78 is 0. The Kier molecular flexibility index (Phi) is 4.97. The van der Waals surface area contributed by atoms with Crippen molar-refractivity contribution in [3.05, 3.63) is 59.2 Å². The molecule has 2 aromatic carbocycles. The Labute approximate surface area is 123 Å². The predicted octanol–water partition coefficient (Wildman–Crippen LogP) is 4.72. The van der Waals surface area contributed by atoms with Gasteiger partial charge in [0, 0.05) is 12.6 Å². The van der Waals surface area contributed by atoms with Crippen LogP contribution in [0.1, 0.15) is 37.5 Å². The fourth-order valence-electron chi connectivity index (χ4n) is 2.40. The molecule has 0 amide bonds. The van der Waals surface area contributed by atoms with Crippen LogP contribution in [0.4, 0.5) is 0 Å². The molecule has 1 heteroatoms. The molecule has 0 spiro atoms. The van der Waals surface area contributed by atoms with Gasteiger partial charge in [-0.2, -0.15) is 0 Å². The highest BCUT2D eigenvalue weighted by Crippen LogP contribution is 2.24. The number of nitrogens with one attached hydrogen (secondary N) is 1. The minimum atomic E-state index is 0.525. The Balaban J connectivity index is 2.20. The van der Waals surface area contributed by atoms with Gasteiger partial charge in [0.15, 0.2) is 0 Å². The van der Waals surface area contributed by atoms with Crippen LogP contribution in [0.5, 0.6) is 0 Å². The van der Waals surface area contributed by atoms with Crippen LogP contribution in [0.25, 0.3) is 11.1 Å². The molecule has 0 heterocycles. The second kappa shape index (κ2) is 6.71. The zero-order valence-electron chi connectivity index (χ0n) is 13.0. The van der Waals surface area contributed by atoms with E-state index in [0.717, 1.165) is 13.0 Å². The molecule has 0 saturated heterocycles. The monoisotopic (exact) mass is 267 g/mol. The van der Waals surface area contributed by atoms with Crippen molar-refractivity contribution >= 4 is 0 Å². The highest BCUT2D eigenvalue weighted by Gasteiger charge is 2.04. The number of benzene rings is 2. The smallest absolute Gasteiger partial charge is 0.0207 e. The molecule has 0 aliphatic carbocycles. The first kappa shape index (κ1) is 14.8. The van der Waals surface area contributed by atoms with E-state index >= 15 is 0 Å². The van der Waals surface area contributed by atoms with Crippen molar-refractivity contribution in [3.8, 4) is 11.1 Å². The van der Waals surface area contributed by atoms with E-state index in [1.165, 1.54) is 27.8 Å². The summed E-state index contributed by atoms with van der Waals surface area (Å²) in [6.45, 7) is 9.68. The standard InChI is InChI=1S/C19H25N/c1-5-16-6-9-18(10-7-16)19-11-8-17(12-15(19)4)13-20-14(2)3/h6-12,14,20H,5,13H2,1-4H3. The normalized spacial score (nSPS) is 11.1. The van der Waals surface area contributed by atoms with Crippen LogP contribution in [-0.2, 0) is 13.0 Å². The summed E-state index contributed by atoms with van der Waals surface area (Å²) in [4.78, 5) is 0. The Morgan fingerprint density at radius 1 is 0.950 bits per heavy atom. The minimum Gasteiger partial charge on any atom is -0.310 e. The molecule has 0 aromatic heterocycles. The van der Waals surface area contributed by atoms with Crippen molar-refractivity contribution in [1.29, 1.82) is 0 Å². The Bertz CT molecular complexity index is 552. The highest BCUT2D eigenvalue weighted by atomic mass is 14.9. The van der Waals surface area contributed by atoms with Gasteiger partial charge >= 0.3 is 0 Å². The van der Waals surface area contributed by atoms with E-state index in [2.05, 4.69) is 75.5 Å². The summed E-state index contributed by atoms with van der Waals surface area (Å²) in [7, 11) is 0. The van der Waals surface area contributed by atoms with Gasteiger partial charge in [0.1, 0.15) is 0 Å². The molecule has 0 saturated carbocycles. The van der Waals surface area contributed by atoms with Gasteiger partial charge < -0.3 is 5.32 Å². The van der Waals surface area contributed by atoms with E-state index in [1.54, 1.807) is 0 Å². The molecule has 0 bridgehead atoms. The lowest BCUT2D eigenvalue weighted by Crippen LogP contribution is -2.21. The fraction of sp³-hybridized carbons (Fsp3) is 0.368. The van der Waals surface area contributed by atoms with Gasteiger partial charge in [0.2, 0.25) is 0 Å². The third kappa shape index (κ3) is 3.71. The third-order valence-corrected chi connectivity index (χ3v) is 3.68. The maximum atomic E-state index is 3.46. The van der Waals surface area contributed by atoms with E-state index in [1.807, 2.05) is 0 Å². The zero-order valence-corrected chi connectivity index (χ0v) is 13.0. The van der Waals surface area contributed by atoms with Crippen molar-refractivity contribution in [3.63, 3.8) is 0 Å². The van der Waals surface area contributed by atoms with Gasteiger partial charge in [-0.3, -0.25) is 0 Å². The SMILES string of the molecule is CCc1ccc(-c2ccc(CNC(C)C)cc2C)cc1. The molecule has 20 heavy (non-hydrogen) atoms. The van der Waals surface area contributed by atoms with Crippen LogP contribution in [0.3, 0.4) is 0 Å². The second-order valence-electron chi connectivity index (χ2n) is 5.74. The van der Waals surface area contributed by atoms with Crippen molar-refractivity contribution < 1.29 is 0 Å². The first-order valence-electron chi connectivity index (χ1n) is 7.52. The molecule has 0 atom stereocenters. The summed E-state index contributed by atoms with van der Waals surface area (Å²) in [5.41, 5.74) is 6.73. The molecule has 0 aliphatic heterocycles. The van der Waals surface area contributed by atoms with Crippen LogP contribution in [0, 0.1) is 6.92 Å². The van der Waals surface area contributed by atoms with E-state index < -0.39 is 0 Å². The van der Waals surface area contributed by atoms with E-state index in [-0.39, 0.29) is 0 Å². The van der Waals surface area contributed by atoms with E-state index in [9.17, 15) is 0 Å². The first-order valence-corrected chi connectivity index (χ1v) is 7.52. The van der Waals surface area contributed by atoms with Crippen molar-refractivity contribution in [2.75, 3.05) is 0 Å².